The van der Waals surface area contributed by atoms with Crippen LogP contribution in [-0.4, -0.2) is 23.8 Å². The van der Waals surface area contributed by atoms with E-state index < -0.39 is 12.6 Å². The number of ether oxygens (including phenoxy) is 1. The van der Waals surface area contributed by atoms with Crippen molar-refractivity contribution >= 4 is 11.6 Å². The van der Waals surface area contributed by atoms with Crippen molar-refractivity contribution in [3.05, 3.63) is 22.8 Å². The van der Waals surface area contributed by atoms with Crippen molar-refractivity contribution in [1.29, 1.82) is 0 Å². The van der Waals surface area contributed by atoms with Gasteiger partial charge in [-0.3, -0.25) is 0 Å². The van der Waals surface area contributed by atoms with E-state index in [1.165, 1.54) is 6.20 Å². The van der Waals surface area contributed by atoms with Gasteiger partial charge in [0.25, 0.3) is 0 Å². The zero-order valence-electron chi connectivity index (χ0n) is 11.4. The predicted molar refractivity (Wildman–Crippen MR) is 72.0 cm³/mol. The molecule has 0 aliphatic rings. The van der Waals surface area contributed by atoms with E-state index >= 15 is 0 Å². The van der Waals surface area contributed by atoms with Gasteiger partial charge in [-0.1, -0.05) is 25.4 Å². The fraction of sp³-hybridized carbons (Fsp3) is 0.615. The number of alkyl halides is 3. The lowest BCUT2D eigenvalue weighted by atomic mass is 10.2. The molecule has 0 radical (unpaired) electrons. The maximum Gasteiger partial charge on any atom is 0.389 e. The third-order valence-corrected chi connectivity index (χ3v) is 2.81. The Balaban J connectivity index is 2.48. The van der Waals surface area contributed by atoms with E-state index in [0.717, 1.165) is 5.56 Å². The van der Waals surface area contributed by atoms with E-state index in [9.17, 15) is 13.2 Å². The second-order valence-corrected chi connectivity index (χ2v) is 5.12. The molecule has 0 atom stereocenters. The average Bonchev–Trinajstić information content (AvgIpc) is 2.33. The lowest BCUT2D eigenvalue weighted by Crippen LogP contribution is -2.22. The fourth-order valence-corrected chi connectivity index (χ4v) is 1.61. The number of hydrogen-bond acceptors (Lipinski definition) is 3. The molecular formula is C13H18ClF3N2O. The molecule has 0 saturated heterocycles. The van der Waals surface area contributed by atoms with Crippen molar-refractivity contribution < 1.29 is 17.9 Å². The topological polar surface area (TPSA) is 34.1 Å². The van der Waals surface area contributed by atoms with Gasteiger partial charge < -0.3 is 10.1 Å². The summed E-state index contributed by atoms with van der Waals surface area (Å²) in [4.78, 5) is 3.94. The highest BCUT2D eigenvalue weighted by molar-refractivity contribution is 6.31. The quantitative estimate of drug-likeness (QED) is 0.774. The van der Waals surface area contributed by atoms with Crippen molar-refractivity contribution in [2.24, 2.45) is 0 Å². The molecule has 7 heteroatoms. The monoisotopic (exact) mass is 310 g/mol. The molecule has 0 aliphatic carbocycles. The molecule has 0 aliphatic heterocycles. The number of nitrogens with zero attached hydrogens (tertiary/aromatic N) is 1. The summed E-state index contributed by atoms with van der Waals surface area (Å²) in [7, 11) is 0. The molecule has 1 rings (SSSR count). The second-order valence-electron chi connectivity index (χ2n) is 4.72. The first-order valence-electron chi connectivity index (χ1n) is 6.35. The Hall–Kier alpha value is -1.01. The van der Waals surface area contributed by atoms with Crippen molar-refractivity contribution in [3.63, 3.8) is 0 Å². The van der Waals surface area contributed by atoms with Gasteiger partial charge in [0.2, 0.25) is 5.88 Å². The Morgan fingerprint density at radius 2 is 2.10 bits per heavy atom. The number of nitrogens with one attached hydrogen (secondary N) is 1. The highest BCUT2D eigenvalue weighted by atomic mass is 35.5. The molecule has 20 heavy (non-hydrogen) atoms. The van der Waals surface area contributed by atoms with Crippen molar-refractivity contribution in [3.8, 4) is 5.88 Å². The minimum atomic E-state index is -4.15. The fourth-order valence-electron chi connectivity index (χ4n) is 1.44. The van der Waals surface area contributed by atoms with Crippen LogP contribution in [0.15, 0.2) is 12.3 Å². The van der Waals surface area contributed by atoms with Crippen LogP contribution < -0.4 is 10.1 Å². The number of pyridine rings is 1. The van der Waals surface area contributed by atoms with Crippen molar-refractivity contribution in [1.82, 2.24) is 10.3 Å². The average molecular weight is 311 g/mol. The summed E-state index contributed by atoms with van der Waals surface area (Å²) < 4.78 is 41.1. The first-order chi connectivity index (χ1) is 9.28. The van der Waals surface area contributed by atoms with E-state index in [1.54, 1.807) is 6.07 Å². The molecule has 0 saturated carbocycles. The minimum absolute atomic E-state index is 0.0226. The van der Waals surface area contributed by atoms with Crippen LogP contribution >= 0.6 is 11.6 Å². The van der Waals surface area contributed by atoms with Crippen LogP contribution in [0.4, 0.5) is 13.2 Å². The van der Waals surface area contributed by atoms with Crippen LogP contribution in [0.2, 0.25) is 5.02 Å². The van der Waals surface area contributed by atoms with Gasteiger partial charge in [0.05, 0.1) is 11.6 Å². The Bertz CT molecular complexity index is 425. The molecule has 3 nitrogen and oxygen atoms in total. The molecule has 0 amide bonds. The molecule has 0 spiro atoms. The first kappa shape index (κ1) is 17.0. The molecule has 0 unspecified atom stereocenters. The van der Waals surface area contributed by atoms with E-state index in [4.69, 9.17) is 16.3 Å². The van der Waals surface area contributed by atoms with Gasteiger partial charge in [-0.05, 0) is 12.0 Å². The molecular weight excluding hydrogens is 293 g/mol. The zero-order chi connectivity index (χ0) is 15.2. The van der Waals surface area contributed by atoms with Crippen LogP contribution in [0.25, 0.3) is 0 Å². The van der Waals surface area contributed by atoms with Gasteiger partial charge in [0.1, 0.15) is 0 Å². The third-order valence-electron chi connectivity index (χ3n) is 2.46. The molecule has 1 N–H and O–H groups in total. The lowest BCUT2D eigenvalue weighted by Gasteiger charge is -2.11. The summed E-state index contributed by atoms with van der Waals surface area (Å²) in [5.74, 6) is 0.289. The normalized spacial score (nSPS) is 11.9. The van der Waals surface area contributed by atoms with Crippen LogP contribution in [-0.2, 0) is 6.54 Å². The summed E-state index contributed by atoms with van der Waals surface area (Å²) in [5, 5.41) is 3.70. The minimum Gasteiger partial charge on any atom is -0.478 e. The van der Waals surface area contributed by atoms with Gasteiger partial charge >= 0.3 is 6.18 Å². The Morgan fingerprint density at radius 1 is 1.40 bits per heavy atom. The number of rotatable bonds is 7. The summed E-state index contributed by atoms with van der Waals surface area (Å²) >= 11 is 5.99. The van der Waals surface area contributed by atoms with E-state index in [-0.39, 0.29) is 18.9 Å². The van der Waals surface area contributed by atoms with Crippen molar-refractivity contribution in [2.75, 3.05) is 6.61 Å². The standard InChI is InChI=1S/C13H18ClF3N2O/c1-9(2)18-7-10-6-12(19-8-11(10)14)20-5-3-4-13(15,16)17/h6,8-9,18H,3-5,7H2,1-2H3. The van der Waals surface area contributed by atoms with Crippen LogP contribution in [0.1, 0.15) is 32.3 Å². The second kappa shape index (κ2) is 7.69. The van der Waals surface area contributed by atoms with Crippen LogP contribution in [0, 0.1) is 0 Å². The molecule has 1 aromatic rings. The Morgan fingerprint density at radius 3 is 2.70 bits per heavy atom. The van der Waals surface area contributed by atoms with E-state index in [1.807, 2.05) is 13.8 Å². The van der Waals surface area contributed by atoms with Crippen LogP contribution in [0.5, 0.6) is 5.88 Å². The van der Waals surface area contributed by atoms with Gasteiger partial charge in [-0.2, -0.15) is 13.2 Å². The maximum atomic E-state index is 12.0. The Labute approximate surface area is 121 Å². The molecule has 1 aromatic heterocycles. The van der Waals surface area contributed by atoms with Gasteiger partial charge in [-0.15, -0.1) is 0 Å². The first-order valence-corrected chi connectivity index (χ1v) is 6.73. The summed E-state index contributed by atoms with van der Waals surface area (Å²) in [5.41, 5.74) is 0.807. The largest absolute Gasteiger partial charge is 0.478 e. The van der Waals surface area contributed by atoms with Gasteiger partial charge in [0, 0.05) is 31.3 Å². The SMILES string of the molecule is CC(C)NCc1cc(OCCCC(F)(F)F)ncc1Cl. The Kier molecular flexibility index (Phi) is 6.55. The third kappa shape index (κ3) is 6.96. The number of hydrogen-bond donors (Lipinski definition) is 1. The molecule has 0 fully saturated rings. The number of aromatic nitrogens is 1. The van der Waals surface area contributed by atoms with Crippen molar-refractivity contribution in [2.45, 2.75) is 45.5 Å². The zero-order valence-corrected chi connectivity index (χ0v) is 12.2. The molecule has 114 valence electrons. The predicted octanol–water partition coefficient (Wildman–Crippen LogP) is 3.95. The van der Waals surface area contributed by atoms with Gasteiger partial charge in [0.15, 0.2) is 0 Å². The molecule has 0 aromatic carbocycles. The smallest absolute Gasteiger partial charge is 0.389 e. The van der Waals surface area contributed by atoms with E-state index in [0.29, 0.717) is 17.6 Å². The number of halogens is 4. The maximum absolute atomic E-state index is 12.0. The summed E-state index contributed by atoms with van der Waals surface area (Å²) in [6.45, 7) is 4.54. The highest BCUT2D eigenvalue weighted by Gasteiger charge is 2.26. The highest BCUT2D eigenvalue weighted by Crippen LogP contribution is 2.22. The summed E-state index contributed by atoms with van der Waals surface area (Å²) in [6.07, 6.45) is -3.66. The molecule has 0 bridgehead atoms. The lowest BCUT2D eigenvalue weighted by molar-refractivity contribution is -0.136. The van der Waals surface area contributed by atoms with E-state index in [2.05, 4.69) is 10.3 Å². The summed E-state index contributed by atoms with van der Waals surface area (Å²) in [6, 6.07) is 1.95. The van der Waals surface area contributed by atoms with Crippen LogP contribution in [0.3, 0.4) is 0 Å². The van der Waals surface area contributed by atoms with Gasteiger partial charge in [-0.25, -0.2) is 4.98 Å². The molecule has 1 heterocycles.